The van der Waals surface area contributed by atoms with Crippen molar-refractivity contribution < 1.29 is 9.18 Å². The second-order valence-electron chi connectivity index (χ2n) is 6.78. The van der Waals surface area contributed by atoms with Crippen molar-refractivity contribution in [2.45, 2.75) is 25.8 Å². The van der Waals surface area contributed by atoms with Crippen LogP contribution in [-0.4, -0.2) is 26.7 Å². The van der Waals surface area contributed by atoms with Crippen molar-refractivity contribution >= 4 is 39.1 Å². The molecule has 0 atom stereocenters. The van der Waals surface area contributed by atoms with Gasteiger partial charge in [0.2, 0.25) is 0 Å². The number of halogens is 1. The van der Waals surface area contributed by atoms with Gasteiger partial charge in [0.25, 0.3) is 0 Å². The van der Waals surface area contributed by atoms with E-state index < -0.39 is 0 Å². The molecular weight excluding hydrogens is 405 g/mol. The minimum atomic E-state index is -0.296. The molecule has 0 unspecified atom stereocenters. The predicted octanol–water partition coefficient (Wildman–Crippen LogP) is 5.79. The summed E-state index contributed by atoms with van der Waals surface area (Å²) >= 11 is 2.86. The first kappa shape index (κ1) is 19.7. The molecule has 4 nitrogen and oxygen atoms in total. The van der Waals surface area contributed by atoms with E-state index in [1.807, 2.05) is 39.0 Å². The summed E-state index contributed by atoms with van der Waals surface area (Å²) in [6, 6.07) is 11.9. The number of benzene rings is 2. The molecule has 0 N–H and O–H groups in total. The Bertz CT molecular complexity index is 1220. The molecule has 0 bridgehead atoms. The molecule has 146 valence electrons. The van der Waals surface area contributed by atoms with E-state index in [-0.39, 0.29) is 17.4 Å². The Morgan fingerprint density at radius 3 is 2.52 bits per heavy atom. The quantitative estimate of drug-likeness (QED) is 0.300. The van der Waals surface area contributed by atoms with Gasteiger partial charge in [0.15, 0.2) is 5.78 Å². The Kier molecular flexibility index (Phi) is 5.43. The van der Waals surface area contributed by atoms with Crippen LogP contribution in [0.25, 0.3) is 21.5 Å². The molecule has 0 fully saturated rings. The van der Waals surface area contributed by atoms with E-state index >= 15 is 0 Å². The molecule has 0 spiro atoms. The highest BCUT2D eigenvalue weighted by Crippen LogP contribution is 2.35. The number of carbonyl (C=O) groups is 1. The highest BCUT2D eigenvalue weighted by atomic mass is 32.2. The molecule has 0 aliphatic rings. The number of hydrogen-bond donors (Lipinski definition) is 0. The molecule has 0 aliphatic carbocycles. The lowest BCUT2D eigenvalue weighted by Gasteiger charge is -2.06. The van der Waals surface area contributed by atoms with E-state index in [0.29, 0.717) is 16.3 Å². The molecule has 0 saturated heterocycles. The maximum Gasteiger partial charge on any atom is 0.173 e. The summed E-state index contributed by atoms with van der Waals surface area (Å²) in [5.74, 6) is 0.0109. The number of nitrogens with zero attached hydrogens (tertiary/aromatic N) is 3. The molecule has 4 rings (SSSR count). The number of thioether (sulfide) groups is 1. The molecular formula is C22H18FN3OS2. The summed E-state index contributed by atoms with van der Waals surface area (Å²) < 4.78 is 14.2. The number of hydrogen-bond acceptors (Lipinski definition) is 6. The van der Waals surface area contributed by atoms with Crippen LogP contribution in [0, 0.1) is 26.6 Å². The zero-order chi connectivity index (χ0) is 20.5. The average molecular weight is 424 g/mol. The lowest BCUT2D eigenvalue weighted by molar-refractivity contribution is 0.102. The Labute approximate surface area is 176 Å². The van der Waals surface area contributed by atoms with Crippen LogP contribution in [0.1, 0.15) is 26.5 Å². The molecule has 0 saturated carbocycles. The molecule has 2 heterocycles. The number of carbonyl (C=O) groups excluding carboxylic acids is 1. The lowest BCUT2D eigenvalue weighted by atomic mass is 10.0. The zero-order valence-corrected chi connectivity index (χ0v) is 17.8. The summed E-state index contributed by atoms with van der Waals surface area (Å²) in [4.78, 5) is 17.2. The average Bonchev–Trinajstić information content (AvgIpc) is 3.10. The standard InChI is InChI=1S/C22H18FN3OS2/c1-12-4-5-16(10-13(12)2)18(27)11-28-22-20-21(29-14(3)24-20)19(25-26-22)15-6-8-17(23)9-7-15/h4-10H,11H2,1-3H3. The minimum Gasteiger partial charge on any atom is -0.293 e. The third kappa shape index (κ3) is 4.06. The third-order valence-corrected chi connectivity index (χ3v) is 6.61. The van der Waals surface area contributed by atoms with Crippen LogP contribution < -0.4 is 0 Å². The van der Waals surface area contributed by atoms with Crippen molar-refractivity contribution in [1.82, 2.24) is 15.2 Å². The predicted molar refractivity (Wildman–Crippen MR) is 116 cm³/mol. The van der Waals surface area contributed by atoms with E-state index in [1.165, 1.54) is 35.2 Å². The number of thiazole rings is 1. The fourth-order valence-corrected chi connectivity index (χ4v) is 4.76. The second kappa shape index (κ2) is 8.00. The molecule has 2 aromatic heterocycles. The topological polar surface area (TPSA) is 55.7 Å². The monoisotopic (exact) mass is 423 g/mol. The third-order valence-electron chi connectivity index (χ3n) is 4.68. The van der Waals surface area contributed by atoms with Gasteiger partial charge in [0.1, 0.15) is 22.1 Å². The SMILES string of the molecule is Cc1nc2c(SCC(=O)c3ccc(C)c(C)c3)nnc(-c3ccc(F)cc3)c2s1. The Balaban J connectivity index is 1.63. The van der Waals surface area contributed by atoms with Crippen LogP contribution in [-0.2, 0) is 0 Å². The molecule has 2 aromatic carbocycles. The van der Waals surface area contributed by atoms with E-state index in [2.05, 4.69) is 15.2 Å². The van der Waals surface area contributed by atoms with Gasteiger partial charge in [-0.2, -0.15) is 0 Å². The molecule has 0 aliphatic heterocycles. The Morgan fingerprint density at radius 2 is 1.79 bits per heavy atom. The van der Waals surface area contributed by atoms with Crippen LogP contribution in [0.4, 0.5) is 4.39 Å². The van der Waals surface area contributed by atoms with Crippen molar-refractivity contribution in [2.75, 3.05) is 5.75 Å². The number of aryl methyl sites for hydroxylation is 3. The summed E-state index contributed by atoms with van der Waals surface area (Å²) in [5.41, 5.74) is 5.16. The molecule has 0 radical (unpaired) electrons. The summed E-state index contributed by atoms with van der Waals surface area (Å²) in [7, 11) is 0. The fourth-order valence-electron chi connectivity index (χ4n) is 2.95. The number of Topliss-reactive ketones (excluding diaryl/α,β-unsaturated/α-hetero) is 1. The van der Waals surface area contributed by atoms with Crippen molar-refractivity contribution in [3.05, 3.63) is 70.0 Å². The van der Waals surface area contributed by atoms with Crippen molar-refractivity contribution in [3.8, 4) is 11.3 Å². The molecule has 29 heavy (non-hydrogen) atoms. The number of ketones is 1. The largest absolute Gasteiger partial charge is 0.293 e. The van der Waals surface area contributed by atoms with Gasteiger partial charge >= 0.3 is 0 Å². The van der Waals surface area contributed by atoms with Crippen LogP contribution in [0.2, 0.25) is 0 Å². The zero-order valence-electron chi connectivity index (χ0n) is 16.2. The minimum absolute atomic E-state index is 0.0441. The van der Waals surface area contributed by atoms with E-state index in [9.17, 15) is 9.18 Å². The smallest absolute Gasteiger partial charge is 0.173 e. The number of fused-ring (bicyclic) bond motifs is 1. The van der Waals surface area contributed by atoms with E-state index in [4.69, 9.17) is 0 Å². The van der Waals surface area contributed by atoms with Crippen molar-refractivity contribution in [2.24, 2.45) is 0 Å². The number of aromatic nitrogens is 3. The van der Waals surface area contributed by atoms with Gasteiger partial charge < -0.3 is 0 Å². The van der Waals surface area contributed by atoms with E-state index in [1.54, 1.807) is 12.1 Å². The van der Waals surface area contributed by atoms with Gasteiger partial charge in [-0.15, -0.1) is 21.5 Å². The van der Waals surface area contributed by atoms with Crippen LogP contribution >= 0.6 is 23.1 Å². The van der Waals surface area contributed by atoms with Crippen molar-refractivity contribution in [1.29, 1.82) is 0 Å². The summed E-state index contributed by atoms with van der Waals surface area (Å²) in [6.07, 6.45) is 0. The first-order valence-electron chi connectivity index (χ1n) is 9.05. The second-order valence-corrected chi connectivity index (χ2v) is 8.95. The Hall–Kier alpha value is -2.64. The fraction of sp³-hybridized carbons (Fsp3) is 0.182. The van der Waals surface area contributed by atoms with Crippen molar-refractivity contribution in [3.63, 3.8) is 0 Å². The first-order valence-corrected chi connectivity index (χ1v) is 10.9. The molecule has 0 amide bonds. The van der Waals surface area contributed by atoms with Gasteiger partial charge in [-0.3, -0.25) is 4.79 Å². The highest BCUT2D eigenvalue weighted by Gasteiger charge is 2.17. The molecule has 7 heteroatoms. The number of rotatable bonds is 5. The lowest BCUT2D eigenvalue weighted by Crippen LogP contribution is -2.04. The summed E-state index contributed by atoms with van der Waals surface area (Å²) in [5, 5.41) is 10.2. The van der Waals surface area contributed by atoms with Crippen LogP contribution in [0.15, 0.2) is 47.5 Å². The van der Waals surface area contributed by atoms with E-state index in [0.717, 1.165) is 31.9 Å². The maximum atomic E-state index is 13.3. The maximum absolute atomic E-state index is 13.3. The van der Waals surface area contributed by atoms with Crippen LogP contribution in [0.3, 0.4) is 0 Å². The van der Waals surface area contributed by atoms with Gasteiger partial charge in [-0.1, -0.05) is 23.9 Å². The van der Waals surface area contributed by atoms with Gasteiger partial charge in [0.05, 0.1) is 15.5 Å². The van der Waals surface area contributed by atoms with Gasteiger partial charge in [-0.05, 0) is 62.2 Å². The highest BCUT2D eigenvalue weighted by molar-refractivity contribution is 8.00. The Morgan fingerprint density at radius 1 is 1.03 bits per heavy atom. The van der Waals surface area contributed by atoms with Gasteiger partial charge in [-0.25, -0.2) is 9.37 Å². The summed E-state index contributed by atoms with van der Waals surface area (Å²) in [6.45, 7) is 5.95. The first-order chi connectivity index (χ1) is 13.9. The van der Waals surface area contributed by atoms with Gasteiger partial charge in [0, 0.05) is 11.1 Å². The normalized spacial score (nSPS) is 11.2. The molecule has 4 aromatic rings. The van der Waals surface area contributed by atoms with Crippen LogP contribution in [0.5, 0.6) is 0 Å².